The van der Waals surface area contributed by atoms with E-state index in [1.54, 1.807) is 36.4 Å². The Morgan fingerprint density at radius 1 is 1.18 bits per heavy atom. The smallest absolute Gasteiger partial charge is 0.264 e. The molecule has 0 aliphatic rings. The second-order valence-corrected chi connectivity index (χ2v) is 4.93. The van der Waals surface area contributed by atoms with Gasteiger partial charge in [0.25, 0.3) is 5.89 Å². The van der Waals surface area contributed by atoms with Crippen LogP contribution in [0.15, 0.2) is 53.1 Å². The third-order valence-corrected chi connectivity index (χ3v) is 3.18. The number of aromatic nitrogens is 2. The van der Waals surface area contributed by atoms with Gasteiger partial charge in [0.05, 0.1) is 0 Å². The van der Waals surface area contributed by atoms with Crippen molar-refractivity contribution in [1.29, 1.82) is 0 Å². The van der Waals surface area contributed by atoms with Gasteiger partial charge in [-0.3, -0.25) is 4.79 Å². The topological polar surface area (TPSA) is 65.2 Å². The summed E-state index contributed by atoms with van der Waals surface area (Å²) in [5.41, 5.74) is 1.35. The molecule has 110 valence electrons. The summed E-state index contributed by atoms with van der Waals surface area (Å²) in [5, 5.41) is 4.54. The van der Waals surface area contributed by atoms with Crippen LogP contribution in [-0.4, -0.2) is 16.4 Å². The Balaban J connectivity index is 1.69. The van der Waals surface area contributed by atoms with E-state index in [4.69, 9.17) is 20.9 Å². The van der Waals surface area contributed by atoms with Crippen LogP contribution in [0.2, 0.25) is 5.02 Å². The van der Waals surface area contributed by atoms with Crippen LogP contribution >= 0.6 is 11.6 Å². The van der Waals surface area contributed by atoms with E-state index in [0.29, 0.717) is 28.1 Å². The van der Waals surface area contributed by atoms with Crippen molar-refractivity contribution in [3.63, 3.8) is 0 Å². The molecule has 0 saturated carbocycles. The lowest BCUT2D eigenvalue weighted by atomic mass is 10.2. The fourth-order valence-electron chi connectivity index (χ4n) is 1.85. The summed E-state index contributed by atoms with van der Waals surface area (Å²) < 4.78 is 10.7. The maximum atomic E-state index is 10.7. The molecule has 0 aliphatic carbocycles. The van der Waals surface area contributed by atoms with Gasteiger partial charge in [-0.2, -0.15) is 4.98 Å². The van der Waals surface area contributed by atoms with E-state index in [-0.39, 0.29) is 6.61 Å². The van der Waals surface area contributed by atoms with Gasteiger partial charge in [-0.05, 0) is 36.4 Å². The molecule has 3 aromatic rings. The van der Waals surface area contributed by atoms with Crippen molar-refractivity contribution in [2.75, 3.05) is 0 Å². The summed E-state index contributed by atoms with van der Waals surface area (Å²) in [6.45, 7) is 0.128. The molecule has 2 aromatic carbocycles. The molecule has 0 N–H and O–H groups in total. The Hall–Kier alpha value is -2.66. The van der Waals surface area contributed by atoms with Crippen LogP contribution in [0.5, 0.6) is 5.75 Å². The summed E-state index contributed by atoms with van der Waals surface area (Å²) in [4.78, 5) is 15.0. The fraction of sp³-hybridized carbons (Fsp3) is 0.0625. The van der Waals surface area contributed by atoms with Gasteiger partial charge in [-0.1, -0.05) is 28.9 Å². The van der Waals surface area contributed by atoms with Crippen molar-refractivity contribution in [2.24, 2.45) is 0 Å². The molecule has 1 aromatic heterocycles. The molecule has 0 atom stereocenters. The van der Waals surface area contributed by atoms with Crippen molar-refractivity contribution in [2.45, 2.75) is 6.61 Å². The maximum Gasteiger partial charge on any atom is 0.264 e. The number of aldehydes is 1. The van der Waals surface area contributed by atoms with E-state index >= 15 is 0 Å². The largest absolute Gasteiger partial charge is 0.484 e. The SMILES string of the molecule is O=Cc1cccc(OCc2nc(-c3ccc(Cl)cc3)no2)c1. The molecular weight excluding hydrogens is 304 g/mol. The van der Waals surface area contributed by atoms with Crippen LogP contribution in [0.3, 0.4) is 0 Å². The highest BCUT2D eigenvalue weighted by Gasteiger charge is 2.09. The first-order valence-corrected chi connectivity index (χ1v) is 6.89. The minimum Gasteiger partial charge on any atom is -0.484 e. The molecule has 3 rings (SSSR count). The third-order valence-electron chi connectivity index (χ3n) is 2.93. The van der Waals surface area contributed by atoms with Crippen LogP contribution in [-0.2, 0) is 6.61 Å². The highest BCUT2D eigenvalue weighted by atomic mass is 35.5. The number of ether oxygens (including phenoxy) is 1. The molecule has 0 saturated heterocycles. The zero-order valence-electron chi connectivity index (χ0n) is 11.4. The Labute approximate surface area is 131 Å². The zero-order chi connectivity index (χ0) is 15.4. The molecule has 0 fully saturated rings. The predicted octanol–water partition coefficient (Wildman–Crippen LogP) is 3.78. The minimum atomic E-state index is 0.128. The Morgan fingerprint density at radius 2 is 2.00 bits per heavy atom. The lowest BCUT2D eigenvalue weighted by Crippen LogP contribution is -1.96. The van der Waals surface area contributed by atoms with Crippen LogP contribution in [0.25, 0.3) is 11.4 Å². The summed E-state index contributed by atoms with van der Waals surface area (Å²) in [6.07, 6.45) is 0.762. The van der Waals surface area contributed by atoms with E-state index in [1.807, 2.05) is 12.1 Å². The van der Waals surface area contributed by atoms with Crippen LogP contribution < -0.4 is 4.74 Å². The van der Waals surface area contributed by atoms with Crippen molar-refractivity contribution < 1.29 is 14.1 Å². The monoisotopic (exact) mass is 314 g/mol. The number of rotatable bonds is 5. The van der Waals surface area contributed by atoms with E-state index in [2.05, 4.69) is 10.1 Å². The second kappa shape index (κ2) is 6.41. The molecular formula is C16H11ClN2O3. The van der Waals surface area contributed by atoms with E-state index in [9.17, 15) is 4.79 Å². The summed E-state index contributed by atoms with van der Waals surface area (Å²) in [5.74, 6) is 1.38. The highest BCUT2D eigenvalue weighted by Crippen LogP contribution is 2.19. The van der Waals surface area contributed by atoms with Gasteiger partial charge in [0, 0.05) is 16.1 Å². The van der Waals surface area contributed by atoms with E-state index in [0.717, 1.165) is 11.8 Å². The molecule has 0 unspecified atom stereocenters. The van der Waals surface area contributed by atoms with Crippen LogP contribution in [0.4, 0.5) is 0 Å². The minimum absolute atomic E-state index is 0.128. The normalized spacial score (nSPS) is 10.4. The number of carbonyl (C=O) groups excluding carboxylic acids is 1. The van der Waals surface area contributed by atoms with Gasteiger partial charge in [0.2, 0.25) is 5.82 Å². The van der Waals surface area contributed by atoms with Crippen molar-refractivity contribution >= 4 is 17.9 Å². The summed E-state index contributed by atoms with van der Waals surface area (Å²) in [6, 6.07) is 14.0. The van der Waals surface area contributed by atoms with Crippen LogP contribution in [0, 0.1) is 0 Å². The average molecular weight is 315 g/mol. The Kier molecular flexibility index (Phi) is 4.16. The average Bonchev–Trinajstić information content (AvgIpc) is 3.03. The molecule has 0 spiro atoms. The molecule has 6 heteroatoms. The zero-order valence-corrected chi connectivity index (χ0v) is 12.2. The quantitative estimate of drug-likeness (QED) is 0.670. The number of hydrogen-bond acceptors (Lipinski definition) is 5. The Bertz CT molecular complexity index is 784. The molecule has 0 radical (unpaired) electrons. The first-order valence-electron chi connectivity index (χ1n) is 6.51. The number of carbonyl (C=O) groups is 1. The number of benzene rings is 2. The molecule has 22 heavy (non-hydrogen) atoms. The van der Waals surface area contributed by atoms with Gasteiger partial charge < -0.3 is 9.26 Å². The van der Waals surface area contributed by atoms with Crippen molar-refractivity contribution in [3.05, 3.63) is 65.0 Å². The maximum absolute atomic E-state index is 10.7. The van der Waals surface area contributed by atoms with Gasteiger partial charge in [-0.15, -0.1) is 0 Å². The lowest BCUT2D eigenvalue weighted by Gasteiger charge is -2.02. The standard InChI is InChI=1S/C16H11ClN2O3/c17-13-6-4-12(5-7-13)16-18-15(22-19-16)10-21-14-3-1-2-11(8-14)9-20/h1-9H,10H2. The van der Waals surface area contributed by atoms with E-state index < -0.39 is 0 Å². The third kappa shape index (κ3) is 3.32. The molecule has 0 amide bonds. The van der Waals surface area contributed by atoms with Crippen LogP contribution in [0.1, 0.15) is 16.2 Å². The molecule has 1 heterocycles. The van der Waals surface area contributed by atoms with Gasteiger partial charge in [-0.25, -0.2) is 0 Å². The number of hydrogen-bond donors (Lipinski definition) is 0. The summed E-state index contributed by atoms with van der Waals surface area (Å²) >= 11 is 5.84. The van der Waals surface area contributed by atoms with E-state index in [1.165, 1.54) is 0 Å². The second-order valence-electron chi connectivity index (χ2n) is 4.50. The fourth-order valence-corrected chi connectivity index (χ4v) is 1.98. The first kappa shape index (κ1) is 14.3. The van der Waals surface area contributed by atoms with Gasteiger partial charge >= 0.3 is 0 Å². The van der Waals surface area contributed by atoms with Gasteiger partial charge in [0.15, 0.2) is 6.61 Å². The predicted molar refractivity (Wildman–Crippen MR) is 80.9 cm³/mol. The molecule has 5 nitrogen and oxygen atoms in total. The van der Waals surface area contributed by atoms with Crippen molar-refractivity contribution in [3.8, 4) is 17.1 Å². The number of nitrogens with zero attached hydrogens (tertiary/aromatic N) is 2. The number of halogens is 1. The van der Waals surface area contributed by atoms with Crippen molar-refractivity contribution in [1.82, 2.24) is 10.1 Å². The first-order chi connectivity index (χ1) is 10.7. The molecule has 0 aliphatic heterocycles. The lowest BCUT2D eigenvalue weighted by molar-refractivity contribution is 0.112. The van der Waals surface area contributed by atoms with Gasteiger partial charge in [0.1, 0.15) is 12.0 Å². The highest BCUT2D eigenvalue weighted by molar-refractivity contribution is 6.30. The summed E-state index contributed by atoms with van der Waals surface area (Å²) in [7, 11) is 0. The Morgan fingerprint density at radius 3 is 2.77 bits per heavy atom. The molecule has 0 bridgehead atoms.